The molecular formula is C24H25F2N5O2. The second-order valence-electron chi connectivity index (χ2n) is 8.26. The van der Waals surface area contributed by atoms with Gasteiger partial charge in [-0.3, -0.25) is 0 Å². The molecule has 1 aliphatic rings. The Balaban J connectivity index is 1.47. The highest BCUT2D eigenvalue weighted by Crippen LogP contribution is 2.33. The zero-order valence-corrected chi connectivity index (χ0v) is 18.2. The molecule has 0 spiro atoms. The predicted octanol–water partition coefficient (Wildman–Crippen LogP) is 3.39. The molecule has 1 saturated heterocycles. The first-order valence-corrected chi connectivity index (χ1v) is 10.8. The van der Waals surface area contributed by atoms with Crippen LogP contribution in [0.1, 0.15) is 30.9 Å². The van der Waals surface area contributed by atoms with Crippen LogP contribution in [-0.2, 0) is 16.9 Å². The van der Waals surface area contributed by atoms with Gasteiger partial charge in [0.05, 0.1) is 30.4 Å². The van der Waals surface area contributed by atoms with Gasteiger partial charge in [-0.05, 0) is 50.1 Å². The summed E-state index contributed by atoms with van der Waals surface area (Å²) in [5, 5.41) is 24.6. The van der Waals surface area contributed by atoms with Gasteiger partial charge in [-0.25, -0.2) is 18.4 Å². The van der Waals surface area contributed by atoms with Crippen molar-refractivity contribution < 1.29 is 18.6 Å². The number of nitriles is 1. The first kappa shape index (κ1) is 22.8. The van der Waals surface area contributed by atoms with Crippen molar-refractivity contribution in [3.63, 3.8) is 0 Å². The molecule has 2 heterocycles. The summed E-state index contributed by atoms with van der Waals surface area (Å²) >= 11 is 0. The number of aromatic nitrogens is 3. The standard InChI is InChI=1S/C24H25F2N5O2/c1-17(33-21-8-10-30(11-9-21)20-5-2-18(13-27)3-6-20)24(32,14-31-16-28-15-29-31)22-7-4-19(25)12-23(22)26/h2-7,12,15-17,21,32H,8-11,14H2,1H3/t17-,24-/m1/s1. The maximum absolute atomic E-state index is 14.7. The summed E-state index contributed by atoms with van der Waals surface area (Å²) in [4.78, 5) is 6.10. The molecule has 3 aromatic rings. The lowest BCUT2D eigenvalue weighted by molar-refractivity contribution is -0.145. The molecule has 172 valence electrons. The minimum atomic E-state index is -1.78. The molecule has 1 fully saturated rings. The molecule has 0 radical (unpaired) electrons. The molecule has 0 aliphatic carbocycles. The zero-order valence-electron chi connectivity index (χ0n) is 18.2. The molecule has 7 nitrogen and oxygen atoms in total. The maximum Gasteiger partial charge on any atom is 0.138 e. The quantitative estimate of drug-likeness (QED) is 0.590. The topological polar surface area (TPSA) is 87.2 Å². The van der Waals surface area contributed by atoms with Gasteiger partial charge in [-0.1, -0.05) is 6.07 Å². The van der Waals surface area contributed by atoms with Crippen molar-refractivity contribution >= 4 is 5.69 Å². The maximum atomic E-state index is 14.7. The van der Waals surface area contributed by atoms with Crippen LogP contribution in [0.25, 0.3) is 0 Å². The highest BCUT2D eigenvalue weighted by molar-refractivity contribution is 5.50. The van der Waals surface area contributed by atoms with E-state index in [1.807, 2.05) is 12.1 Å². The van der Waals surface area contributed by atoms with Crippen LogP contribution in [0.5, 0.6) is 0 Å². The van der Waals surface area contributed by atoms with E-state index >= 15 is 0 Å². The number of aliphatic hydroxyl groups is 1. The third-order valence-electron chi connectivity index (χ3n) is 6.14. The number of anilines is 1. The summed E-state index contributed by atoms with van der Waals surface area (Å²) in [5.74, 6) is -1.56. The number of rotatable bonds is 7. The average molecular weight is 453 g/mol. The Morgan fingerprint density at radius 2 is 1.94 bits per heavy atom. The van der Waals surface area contributed by atoms with E-state index in [9.17, 15) is 13.9 Å². The van der Waals surface area contributed by atoms with Gasteiger partial charge in [0.2, 0.25) is 0 Å². The van der Waals surface area contributed by atoms with Crippen LogP contribution >= 0.6 is 0 Å². The second-order valence-corrected chi connectivity index (χ2v) is 8.26. The first-order valence-electron chi connectivity index (χ1n) is 10.8. The third kappa shape index (κ3) is 5.02. The van der Waals surface area contributed by atoms with Crippen molar-refractivity contribution in [1.82, 2.24) is 14.8 Å². The van der Waals surface area contributed by atoms with Crippen molar-refractivity contribution in [3.05, 3.63) is 77.9 Å². The van der Waals surface area contributed by atoms with Crippen LogP contribution in [0.4, 0.5) is 14.5 Å². The fraction of sp³-hybridized carbons (Fsp3) is 0.375. The Morgan fingerprint density at radius 1 is 1.21 bits per heavy atom. The van der Waals surface area contributed by atoms with Crippen molar-refractivity contribution in [2.75, 3.05) is 18.0 Å². The number of hydrogen-bond acceptors (Lipinski definition) is 6. The van der Waals surface area contributed by atoms with Crippen molar-refractivity contribution in [3.8, 4) is 6.07 Å². The zero-order chi connectivity index (χ0) is 23.4. The van der Waals surface area contributed by atoms with E-state index in [0.717, 1.165) is 43.8 Å². The van der Waals surface area contributed by atoms with Gasteiger partial charge in [0.15, 0.2) is 0 Å². The van der Waals surface area contributed by atoms with Gasteiger partial charge in [0, 0.05) is 30.4 Å². The van der Waals surface area contributed by atoms with Crippen LogP contribution in [0.2, 0.25) is 0 Å². The van der Waals surface area contributed by atoms with E-state index in [1.165, 1.54) is 23.4 Å². The van der Waals surface area contributed by atoms with Gasteiger partial charge in [0.1, 0.15) is 29.9 Å². The van der Waals surface area contributed by atoms with Gasteiger partial charge >= 0.3 is 0 Å². The van der Waals surface area contributed by atoms with Crippen molar-refractivity contribution in [2.45, 2.75) is 44.1 Å². The molecule has 2 aromatic carbocycles. The van der Waals surface area contributed by atoms with E-state index < -0.39 is 23.3 Å². The lowest BCUT2D eigenvalue weighted by atomic mass is 9.87. The molecular weight excluding hydrogens is 428 g/mol. The molecule has 9 heteroatoms. The first-order chi connectivity index (χ1) is 15.9. The number of benzene rings is 2. The molecule has 2 atom stereocenters. The lowest BCUT2D eigenvalue weighted by Crippen LogP contribution is -2.47. The van der Waals surface area contributed by atoms with E-state index in [4.69, 9.17) is 10.00 Å². The van der Waals surface area contributed by atoms with E-state index in [-0.39, 0.29) is 18.2 Å². The molecule has 33 heavy (non-hydrogen) atoms. The van der Waals surface area contributed by atoms with Crippen LogP contribution in [0.15, 0.2) is 55.1 Å². The van der Waals surface area contributed by atoms with Gasteiger partial charge in [0.25, 0.3) is 0 Å². The second kappa shape index (κ2) is 9.65. The van der Waals surface area contributed by atoms with Crippen LogP contribution in [0.3, 0.4) is 0 Å². The van der Waals surface area contributed by atoms with Crippen LogP contribution < -0.4 is 4.90 Å². The largest absolute Gasteiger partial charge is 0.380 e. The normalized spacial score (nSPS) is 17.4. The number of hydrogen-bond donors (Lipinski definition) is 1. The summed E-state index contributed by atoms with van der Waals surface area (Å²) in [7, 11) is 0. The summed E-state index contributed by atoms with van der Waals surface area (Å²) < 4.78 is 35.8. The summed E-state index contributed by atoms with van der Waals surface area (Å²) in [6.07, 6.45) is 3.25. The molecule has 1 aliphatic heterocycles. The Bertz CT molecular complexity index is 1110. The molecule has 1 aromatic heterocycles. The minimum absolute atomic E-state index is 0.0538. The number of halogens is 2. The minimum Gasteiger partial charge on any atom is -0.380 e. The monoisotopic (exact) mass is 453 g/mol. The Kier molecular flexibility index (Phi) is 6.67. The van der Waals surface area contributed by atoms with Crippen LogP contribution in [-0.4, -0.2) is 45.2 Å². The summed E-state index contributed by atoms with van der Waals surface area (Å²) in [5.41, 5.74) is -0.181. The average Bonchev–Trinajstić information content (AvgIpc) is 3.32. The molecule has 4 rings (SSSR count). The van der Waals surface area contributed by atoms with Crippen LogP contribution in [0, 0.1) is 23.0 Å². The molecule has 0 unspecified atom stereocenters. The van der Waals surface area contributed by atoms with Gasteiger partial charge in [-0.2, -0.15) is 10.4 Å². The van der Waals surface area contributed by atoms with E-state index in [1.54, 1.807) is 19.1 Å². The molecule has 1 N–H and O–H groups in total. The lowest BCUT2D eigenvalue weighted by Gasteiger charge is -2.39. The number of piperidine rings is 1. The van der Waals surface area contributed by atoms with Crippen molar-refractivity contribution in [2.24, 2.45) is 0 Å². The Hall–Kier alpha value is -3.35. The fourth-order valence-electron chi connectivity index (χ4n) is 4.23. The highest BCUT2D eigenvalue weighted by Gasteiger charge is 2.41. The molecule has 0 bridgehead atoms. The number of nitrogens with zero attached hydrogens (tertiary/aromatic N) is 5. The van der Waals surface area contributed by atoms with Gasteiger partial charge < -0.3 is 14.7 Å². The van der Waals surface area contributed by atoms with E-state index in [0.29, 0.717) is 5.56 Å². The van der Waals surface area contributed by atoms with Gasteiger partial charge in [-0.15, -0.1) is 0 Å². The summed E-state index contributed by atoms with van der Waals surface area (Å²) in [6, 6.07) is 12.7. The smallest absolute Gasteiger partial charge is 0.138 e. The number of ether oxygens (including phenoxy) is 1. The summed E-state index contributed by atoms with van der Waals surface area (Å²) in [6.45, 7) is 3.08. The van der Waals surface area contributed by atoms with Crippen molar-refractivity contribution in [1.29, 1.82) is 5.26 Å². The molecule has 0 amide bonds. The SMILES string of the molecule is C[C@@H](OC1CCN(c2ccc(C#N)cc2)CC1)[C@](O)(Cn1cncn1)c1ccc(F)cc1F. The van der Waals surface area contributed by atoms with E-state index in [2.05, 4.69) is 21.1 Å². The predicted molar refractivity (Wildman–Crippen MR) is 117 cm³/mol. The molecule has 0 saturated carbocycles. The fourth-order valence-corrected chi connectivity index (χ4v) is 4.23. The Morgan fingerprint density at radius 3 is 2.55 bits per heavy atom. The Labute approximate surface area is 190 Å². The third-order valence-corrected chi connectivity index (χ3v) is 6.14. The highest BCUT2D eigenvalue weighted by atomic mass is 19.1.